The summed E-state index contributed by atoms with van der Waals surface area (Å²) in [5, 5.41) is 0.322. The van der Waals surface area contributed by atoms with E-state index in [0.29, 0.717) is 10.8 Å². The third-order valence-electron chi connectivity index (χ3n) is 2.57. The molecule has 0 aromatic carbocycles. The van der Waals surface area contributed by atoms with Gasteiger partial charge in [0.15, 0.2) is 0 Å². The molecule has 0 bridgehead atoms. The number of hydrogen-bond donors (Lipinski definition) is 0. The van der Waals surface area contributed by atoms with Crippen molar-refractivity contribution in [2.75, 3.05) is 0 Å². The summed E-state index contributed by atoms with van der Waals surface area (Å²) in [5.74, 6) is 0. The molecule has 0 rings (SSSR count). The van der Waals surface area contributed by atoms with E-state index in [1.54, 1.807) is 0 Å². The third kappa shape index (κ3) is 7.67. The molecular formula is C13H27Cl. The third-order valence-corrected chi connectivity index (χ3v) is 3.45. The average Bonchev–Trinajstić information content (AvgIpc) is 1.93. The van der Waals surface area contributed by atoms with Crippen molar-refractivity contribution in [2.45, 2.75) is 72.6 Å². The summed E-state index contributed by atoms with van der Waals surface area (Å²) in [6.45, 7) is 13.6. The lowest BCUT2D eigenvalue weighted by atomic mass is 9.86. The fourth-order valence-electron chi connectivity index (χ4n) is 1.41. The highest BCUT2D eigenvalue weighted by Crippen LogP contribution is 2.29. The van der Waals surface area contributed by atoms with Crippen molar-refractivity contribution < 1.29 is 0 Å². The summed E-state index contributed by atoms with van der Waals surface area (Å²) < 4.78 is 0. The van der Waals surface area contributed by atoms with Crippen molar-refractivity contribution in [1.29, 1.82) is 0 Å². The van der Waals surface area contributed by atoms with Gasteiger partial charge in [-0.2, -0.15) is 0 Å². The van der Waals surface area contributed by atoms with Crippen LogP contribution in [-0.4, -0.2) is 5.38 Å². The monoisotopic (exact) mass is 218 g/mol. The number of hydrogen-bond acceptors (Lipinski definition) is 0. The first-order chi connectivity index (χ1) is 6.13. The molecule has 0 aliphatic carbocycles. The van der Waals surface area contributed by atoms with Gasteiger partial charge in [0, 0.05) is 5.38 Å². The molecule has 0 saturated carbocycles. The van der Waals surface area contributed by atoms with Gasteiger partial charge in [0.25, 0.3) is 0 Å². The van der Waals surface area contributed by atoms with Crippen molar-refractivity contribution in [1.82, 2.24) is 0 Å². The number of unbranched alkanes of at least 4 members (excludes halogenated alkanes) is 1. The zero-order valence-electron chi connectivity index (χ0n) is 10.8. The Bertz CT molecular complexity index is 148. The smallest absolute Gasteiger partial charge is 0.0384 e. The van der Waals surface area contributed by atoms with E-state index in [2.05, 4.69) is 41.5 Å². The van der Waals surface area contributed by atoms with Gasteiger partial charge in [0.2, 0.25) is 0 Å². The van der Waals surface area contributed by atoms with Gasteiger partial charge in [-0.15, -0.1) is 11.6 Å². The molecule has 0 spiro atoms. The molecule has 1 unspecified atom stereocenters. The average molecular weight is 219 g/mol. The maximum Gasteiger partial charge on any atom is 0.0384 e. The van der Waals surface area contributed by atoms with Crippen LogP contribution in [0.4, 0.5) is 0 Å². The summed E-state index contributed by atoms with van der Waals surface area (Å²) in [4.78, 5) is 0. The van der Waals surface area contributed by atoms with Crippen LogP contribution in [0.15, 0.2) is 0 Å². The SMILES string of the molecule is CC(C)(C)CCCCC(Cl)C(C)(C)C. The Morgan fingerprint density at radius 2 is 1.43 bits per heavy atom. The molecule has 86 valence electrons. The van der Waals surface area contributed by atoms with Crippen LogP contribution >= 0.6 is 11.6 Å². The van der Waals surface area contributed by atoms with Crippen LogP contribution in [0.1, 0.15) is 67.2 Å². The van der Waals surface area contributed by atoms with E-state index in [4.69, 9.17) is 11.6 Å². The van der Waals surface area contributed by atoms with Crippen LogP contribution in [0.2, 0.25) is 0 Å². The second kappa shape index (κ2) is 5.39. The fraction of sp³-hybridized carbons (Fsp3) is 1.00. The van der Waals surface area contributed by atoms with Crippen molar-refractivity contribution in [3.63, 3.8) is 0 Å². The molecule has 0 saturated heterocycles. The summed E-state index contributed by atoms with van der Waals surface area (Å²) in [6, 6.07) is 0. The first kappa shape index (κ1) is 14.3. The van der Waals surface area contributed by atoms with Gasteiger partial charge in [0.05, 0.1) is 0 Å². The van der Waals surface area contributed by atoms with Gasteiger partial charge < -0.3 is 0 Å². The zero-order valence-corrected chi connectivity index (χ0v) is 11.5. The van der Waals surface area contributed by atoms with Gasteiger partial charge >= 0.3 is 0 Å². The molecule has 0 fully saturated rings. The Morgan fingerprint density at radius 1 is 0.929 bits per heavy atom. The lowest BCUT2D eigenvalue weighted by molar-refractivity contribution is 0.334. The summed E-state index contributed by atoms with van der Waals surface area (Å²) in [6.07, 6.45) is 5.04. The molecular weight excluding hydrogens is 192 g/mol. The lowest BCUT2D eigenvalue weighted by Crippen LogP contribution is -2.20. The van der Waals surface area contributed by atoms with Crippen molar-refractivity contribution in [3.05, 3.63) is 0 Å². The molecule has 0 aliphatic rings. The fourth-order valence-corrected chi connectivity index (χ4v) is 1.57. The van der Waals surface area contributed by atoms with Gasteiger partial charge in [-0.25, -0.2) is 0 Å². The van der Waals surface area contributed by atoms with Crippen LogP contribution in [0.25, 0.3) is 0 Å². The Balaban J connectivity index is 3.56. The Labute approximate surface area is 95.4 Å². The van der Waals surface area contributed by atoms with Crippen LogP contribution in [0.3, 0.4) is 0 Å². The highest BCUT2D eigenvalue weighted by atomic mass is 35.5. The van der Waals surface area contributed by atoms with E-state index in [9.17, 15) is 0 Å². The van der Waals surface area contributed by atoms with E-state index < -0.39 is 0 Å². The molecule has 0 heterocycles. The quantitative estimate of drug-likeness (QED) is 0.447. The maximum atomic E-state index is 6.31. The topological polar surface area (TPSA) is 0 Å². The van der Waals surface area contributed by atoms with Gasteiger partial charge in [-0.05, 0) is 23.7 Å². The van der Waals surface area contributed by atoms with E-state index in [1.165, 1.54) is 19.3 Å². The second-order valence-electron chi connectivity index (χ2n) is 6.64. The standard InChI is InChI=1S/C13H27Cl/c1-12(2,3)10-8-7-9-11(14)13(4,5)6/h11H,7-10H2,1-6H3. The minimum absolute atomic E-state index is 0.253. The van der Waals surface area contributed by atoms with Gasteiger partial charge in [-0.3, -0.25) is 0 Å². The highest BCUT2D eigenvalue weighted by Gasteiger charge is 2.21. The molecule has 1 atom stereocenters. The van der Waals surface area contributed by atoms with Crippen LogP contribution in [0, 0.1) is 10.8 Å². The predicted octanol–water partition coefficient (Wildman–Crippen LogP) is 5.25. The van der Waals surface area contributed by atoms with Crippen molar-refractivity contribution in [3.8, 4) is 0 Å². The summed E-state index contributed by atoms with van der Waals surface area (Å²) >= 11 is 6.31. The molecule has 14 heavy (non-hydrogen) atoms. The van der Waals surface area contributed by atoms with E-state index >= 15 is 0 Å². The van der Waals surface area contributed by atoms with E-state index in [-0.39, 0.29) is 5.41 Å². The van der Waals surface area contributed by atoms with Crippen LogP contribution in [-0.2, 0) is 0 Å². The highest BCUT2D eigenvalue weighted by molar-refractivity contribution is 6.21. The largest absolute Gasteiger partial charge is 0.122 e. The number of alkyl halides is 1. The predicted molar refractivity (Wildman–Crippen MR) is 67.0 cm³/mol. The normalized spacial score (nSPS) is 15.6. The van der Waals surface area contributed by atoms with Crippen LogP contribution in [0.5, 0.6) is 0 Å². The van der Waals surface area contributed by atoms with Gasteiger partial charge in [-0.1, -0.05) is 54.4 Å². The van der Waals surface area contributed by atoms with E-state index in [0.717, 1.165) is 6.42 Å². The summed E-state index contributed by atoms with van der Waals surface area (Å²) in [5.41, 5.74) is 0.729. The molecule has 0 radical (unpaired) electrons. The summed E-state index contributed by atoms with van der Waals surface area (Å²) in [7, 11) is 0. The van der Waals surface area contributed by atoms with Crippen LogP contribution < -0.4 is 0 Å². The Kier molecular flexibility index (Phi) is 5.51. The molecule has 0 aromatic heterocycles. The molecule has 0 N–H and O–H groups in total. The van der Waals surface area contributed by atoms with Crippen molar-refractivity contribution in [2.24, 2.45) is 10.8 Å². The molecule has 0 aromatic rings. The molecule has 0 aliphatic heterocycles. The number of halogens is 1. The Hall–Kier alpha value is 0.290. The first-order valence-corrected chi connectivity index (χ1v) is 6.21. The van der Waals surface area contributed by atoms with Crippen molar-refractivity contribution >= 4 is 11.6 Å². The van der Waals surface area contributed by atoms with E-state index in [1.807, 2.05) is 0 Å². The molecule has 1 heteroatoms. The number of rotatable bonds is 4. The molecule has 0 amide bonds. The second-order valence-corrected chi connectivity index (χ2v) is 7.17. The lowest BCUT2D eigenvalue weighted by Gasteiger charge is -2.25. The first-order valence-electron chi connectivity index (χ1n) is 5.77. The van der Waals surface area contributed by atoms with Gasteiger partial charge in [0.1, 0.15) is 0 Å². The maximum absolute atomic E-state index is 6.31. The Morgan fingerprint density at radius 3 is 1.79 bits per heavy atom. The molecule has 0 nitrogen and oxygen atoms in total. The minimum Gasteiger partial charge on any atom is -0.122 e. The minimum atomic E-state index is 0.253. The zero-order chi connectivity index (χ0) is 11.4.